The van der Waals surface area contributed by atoms with Gasteiger partial charge in [-0.25, -0.2) is 0 Å². The Bertz CT molecular complexity index is 333. The maximum Gasteiger partial charge on any atom is 0.227 e. The fourth-order valence-electron chi connectivity index (χ4n) is 1.55. The van der Waals surface area contributed by atoms with E-state index in [0.717, 1.165) is 24.1 Å². The first-order valence-corrected chi connectivity index (χ1v) is 5.51. The maximum absolute atomic E-state index is 11.7. The largest absolute Gasteiger partial charge is 0.326 e. The highest BCUT2D eigenvalue weighted by Gasteiger charge is 2.11. The average molecular weight is 205 g/mol. The van der Waals surface area contributed by atoms with E-state index in [-0.39, 0.29) is 11.8 Å². The van der Waals surface area contributed by atoms with E-state index in [2.05, 4.69) is 12.2 Å². The third-order valence-electron chi connectivity index (χ3n) is 2.45. The number of rotatable bonds is 4. The third kappa shape index (κ3) is 3.74. The van der Waals surface area contributed by atoms with Crippen molar-refractivity contribution in [3.63, 3.8) is 0 Å². The number of benzene rings is 1. The van der Waals surface area contributed by atoms with Gasteiger partial charge in [0, 0.05) is 11.6 Å². The molecule has 0 aliphatic rings. The van der Waals surface area contributed by atoms with E-state index in [0.29, 0.717) is 0 Å². The van der Waals surface area contributed by atoms with Crippen molar-refractivity contribution < 1.29 is 4.79 Å². The molecule has 0 bridgehead atoms. The molecule has 1 aromatic carbocycles. The van der Waals surface area contributed by atoms with Crippen LogP contribution < -0.4 is 5.32 Å². The van der Waals surface area contributed by atoms with Gasteiger partial charge in [0.25, 0.3) is 0 Å². The standard InChI is InChI=1S/C13H19NO/c1-4-6-11(3)13(15)14-12-8-5-7-10(2)9-12/h5,7-9,11H,4,6H2,1-3H3,(H,14,15)/t11-/m0/s1. The summed E-state index contributed by atoms with van der Waals surface area (Å²) in [4.78, 5) is 11.7. The van der Waals surface area contributed by atoms with E-state index < -0.39 is 0 Å². The van der Waals surface area contributed by atoms with Crippen LogP contribution in [0.25, 0.3) is 0 Å². The summed E-state index contributed by atoms with van der Waals surface area (Å²) in [6.45, 7) is 6.08. The lowest BCUT2D eigenvalue weighted by Crippen LogP contribution is -2.20. The molecule has 0 saturated heterocycles. The SMILES string of the molecule is CCC[C@H](C)C(=O)Nc1cccc(C)c1. The van der Waals surface area contributed by atoms with Crippen molar-refractivity contribution in [3.8, 4) is 0 Å². The zero-order valence-corrected chi connectivity index (χ0v) is 9.71. The van der Waals surface area contributed by atoms with Crippen LogP contribution in [0.5, 0.6) is 0 Å². The van der Waals surface area contributed by atoms with Gasteiger partial charge in [-0.3, -0.25) is 4.79 Å². The molecule has 0 spiro atoms. The van der Waals surface area contributed by atoms with Crippen molar-refractivity contribution in [2.24, 2.45) is 5.92 Å². The van der Waals surface area contributed by atoms with Crippen molar-refractivity contribution >= 4 is 11.6 Å². The summed E-state index contributed by atoms with van der Waals surface area (Å²) in [6.07, 6.45) is 1.99. The number of anilines is 1. The van der Waals surface area contributed by atoms with E-state index in [1.807, 2.05) is 38.1 Å². The Morgan fingerprint density at radius 2 is 2.20 bits per heavy atom. The van der Waals surface area contributed by atoms with E-state index in [1.165, 1.54) is 0 Å². The number of carbonyl (C=O) groups is 1. The number of hydrogen-bond donors (Lipinski definition) is 1. The highest BCUT2D eigenvalue weighted by atomic mass is 16.1. The van der Waals surface area contributed by atoms with Crippen LogP contribution in [0.2, 0.25) is 0 Å². The summed E-state index contributed by atoms with van der Waals surface area (Å²) in [5.74, 6) is 0.206. The molecule has 1 aromatic rings. The molecule has 15 heavy (non-hydrogen) atoms. The lowest BCUT2D eigenvalue weighted by Gasteiger charge is -2.11. The molecular weight excluding hydrogens is 186 g/mol. The minimum Gasteiger partial charge on any atom is -0.326 e. The van der Waals surface area contributed by atoms with Crippen molar-refractivity contribution in [3.05, 3.63) is 29.8 Å². The topological polar surface area (TPSA) is 29.1 Å². The van der Waals surface area contributed by atoms with Crippen molar-refractivity contribution in [2.45, 2.75) is 33.6 Å². The highest BCUT2D eigenvalue weighted by molar-refractivity contribution is 5.92. The summed E-state index contributed by atoms with van der Waals surface area (Å²) in [7, 11) is 0. The molecule has 1 atom stereocenters. The first-order valence-electron chi connectivity index (χ1n) is 5.51. The van der Waals surface area contributed by atoms with Crippen LogP contribution in [-0.2, 0) is 4.79 Å². The summed E-state index contributed by atoms with van der Waals surface area (Å²) >= 11 is 0. The van der Waals surface area contributed by atoms with Crippen LogP contribution in [0.3, 0.4) is 0 Å². The van der Waals surface area contributed by atoms with Gasteiger partial charge < -0.3 is 5.32 Å². The molecule has 0 radical (unpaired) electrons. The van der Waals surface area contributed by atoms with Crippen molar-refractivity contribution in [2.75, 3.05) is 5.32 Å². The van der Waals surface area contributed by atoms with E-state index in [1.54, 1.807) is 0 Å². The third-order valence-corrected chi connectivity index (χ3v) is 2.45. The monoisotopic (exact) mass is 205 g/mol. The van der Waals surface area contributed by atoms with Crippen LogP contribution in [0.1, 0.15) is 32.3 Å². The number of hydrogen-bond acceptors (Lipinski definition) is 1. The molecule has 0 unspecified atom stereocenters. The molecule has 0 aromatic heterocycles. The minimum atomic E-state index is 0.0931. The molecule has 0 saturated carbocycles. The molecule has 1 rings (SSSR count). The molecule has 82 valence electrons. The Hall–Kier alpha value is -1.31. The first kappa shape index (κ1) is 11.8. The Morgan fingerprint density at radius 1 is 1.47 bits per heavy atom. The Kier molecular flexibility index (Phi) is 4.35. The first-order chi connectivity index (χ1) is 7.13. The number of amides is 1. The second-order valence-electron chi connectivity index (χ2n) is 4.05. The van der Waals surface area contributed by atoms with Crippen LogP contribution in [0.4, 0.5) is 5.69 Å². The second kappa shape index (κ2) is 5.54. The van der Waals surface area contributed by atoms with Crippen LogP contribution in [0, 0.1) is 12.8 Å². The average Bonchev–Trinajstić information content (AvgIpc) is 2.18. The smallest absolute Gasteiger partial charge is 0.227 e. The highest BCUT2D eigenvalue weighted by Crippen LogP contribution is 2.13. The fourth-order valence-corrected chi connectivity index (χ4v) is 1.55. The zero-order valence-electron chi connectivity index (χ0n) is 9.71. The van der Waals surface area contributed by atoms with Gasteiger partial charge >= 0.3 is 0 Å². The van der Waals surface area contributed by atoms with E-state index >= 15 is 0 Å². The van der Waals surface area contributed by atoms with Gasteiger partial charge in [0.2, 0.25) is 5.91 Å². The summed E-state index contributed by atoms with van der Waals surface area (Å²) in [5, 5.41) is 2.93. The zero-order chi connectivity index (χ0) is 11.3. The van der Waals surface area contributed by atoms with E-state index in [9.17, 15) is 4.79 Å². The van der Waals surface area contributed by atoms with Gasteiger partial charge in [-0.2, -0.15) is 0 Å². The normalized spacial score (nSPS) is 12.2. The van der Waals surface area contributed by atoms with Gasteiger partial charge in [-0.15, -0.1) is 0 Å². The van der Waals surface area contributed by atoms with Crippen LogP contribution in [0.15, 0.2) is 24.3 Å². The predicted octanol–water partition coefficient (Wildman–Crippen LogP) is 3.37. The molecule has 0 aliphatic heterocycles. The summed E-state index contributed by atoms with van der Waals surface area (Å²) < 4.78 is 0. The minimum absolute atomic E-state index is 0.0931. The molecule has 1 amide bonds. The fraction of sp³-hybridized carbons (Fsp3) is 0.462. The molecule has 1 N–H and O–H groups in total. The summed E-state index contributed by atoms with van der Waals surface area (Å²) in [6, 6.07) is 7.88. The number of nitrogens with one attached hydrogen (secondary N) is 1. The van der Waals surface area contributed by atoms with Gasteiger partial charge in [0.1, 0.15) is 0 Å². The lowest BCUT2D eigenvalue weighted by molar-refractivity contribution is -0.119. The molecular formula is C13H19NO. The Morgan fingerprint density at radius 3 is 2.80 bits per heavy atom. The lowest BCUT2D eigenvalue weighted by atomic mass is 10.1. The molecule has 0 fully saturated rings. The second-order valence-corrected chi connectivity index (χ2v) is 4.05. The quantitative estimate of drug-likeness (QED) is 0.802. The number of aryl methyl sites for hydroxylation is 1. The molecule has 2 nitrogen and oxygen atoms in total. The molecule has 2 heteroatoms. The van der Waals surface area contributed by atoms with Crippen LogP contribution in [-0.4, -0.2) is 5.91 Å². The van der Waals surface area contributed by atoms with Gasteiger partial charge in [-0.1, -0.05) is 32.4 Å². The maximum atomic E-state index is 11.7. The molecule has 0 aliphatic carbocycles. The Labute approximate surface area is 91.7 Å². The van der Waals surface area contributed by atoms with Crippen molar-refractivity contribution in [1.82, 2.24) is 0 Å². The van der Waals surface area contributed by atoms with Gasteiger partial charge in [-0.05, 0) is 31.0 Å². The summed E-state index contributed by atoms with van der Waals surface area (Å²) in [5.41, 5.74) is 2.05. The van der Waals surface area contributed by atoms with E-state index in [4.69, 9.17) is 0 Å². The molecule has 0 heterocycles. The van der Waals surface area contributed by atoms with Crippen molar-refractivity contribution in [1.29, 1.82) is 0 Å². The Balaban J connectivity index is 2.58. The van der Waals surface area contributed by atoms with Crippen LogP contribution >= 0.6 is 0 Å². The number of carbonyl (C=O) groups excluding carboxylic acids is 1. The van der Waals surface area contributed by atoms with Gasteiger partial charge in [0.15, 0.2) is 0 Å². The van der Waals surface area contributed by atoms with Gasteiger partial charge in [0.05, 0.1) is 0 Å². The predicted molar refractivity (Wildman–Crippen MR) is 63.9 cm³/mol.